The van der Waals surface area contributed by atoms with Crippen LogP contribution in [-0.2, 0) is 16.3 Å². The minimum absolute atomic E-state index is 1.12. The van der Waals surface area contributed by atoms with Crippen molar-refractivity contribution >= 4 is 13.6 Å². The second-order valence-electron chi connectivity index (χ2n) is 2.62. The van der Waals surface area contributed by atoms with E-state index in [0.717, 1.165) is 6.42 Å². The van der Waals surface area contributed by atoms with Gasteiger partial charge >= 0.3 is 30.0 Å². The molecule has 0 spiro atoms. The molecule has 0 saturated heterocycles. The van der Waals surface area contributed by atoms with Crippen LogP contribution in [0.5, 0.6) is 0 Å². The van der Waals surface area contributed by atoms with E-state index in [4.69, 9.17) is 0 Å². The Morgan fingerprint density at radius 1 is 1.00 bits per heavy atom. The van der Waals surface area contributed by atoms with Gasteiger partial charge in [-0.15, -0.1) is 0 Å². The topological polar surface area (TPSA) is 0 Å². The summed E-state index contributed by atoms with van der Waals surface area (Å²) in [4.78, 5) is 0. The fourth-order valence-electron chi connectivity index (χ4n) is 0.957. The van der Waals surface area contributed by atoms with Gasteiger partial charge in [0, 0.05) is 0 Å². The molecule has 0 radical (unpaired) electrons. The van der Waals surface area contributed by atoms with E-state index in [-0.39, 0.29) is 0 Å². The second kappa shape index (κ2) is 17.3. The molecule has 0 rings (SSSR count). The minimum atomic E-state index is 1.12. The van der Waals surface area contributed by atoms with Gasteiger partial charge in [-0.05, 0) is 0 Å². The van der Waals surface area contributed by atoms with Crippen molar-refractivity contribution in [3.63, 3.8) is 0 Å². The van der Waals surface area contributed by atoms with E-state index in [9.17, 15) is 0 Å². The van der Waals surface area contributed by atoms with Crippen LogP contribution in [0, 0.1) is 6.92 Å². The average molecular weight is 273 g/mol. The van der Waals surface area contributed by atoms with Crippen LogP contribution < -0.4 is 0 Å². The molecular formula is C9H19BrZn. The normalized spacial score (nSPS) is 8.82. The molecule has 0 nitrogen and oxygen atoms in total. The van der Waals surface area contributed by atoms with Crippen molar-refractivity contribution in [2.24, 2.45) is 0 Å². The van der Waals surface area contributed by atoms with Gasteiger partial charge in [0.1, 0.15) is 0 Å². The van der Waals surface area contributed by atoms with Gasteiger partial charge in [-0.25, -0.2) is 0 Å². The van der Waals surface area contributed by atoms with Gasteiger partial charge in [-0.1, -0.05) is 45.4 Å². The summed E-state index contributed by atoms with van der Waals surface area (Å²) in [5.74, 6) is 0. The monoisotopic (exact) mass is 270 g/mol. The molecule has 0 aliphatic rings. The quantitative estimate of drug-likeness (QED) is 0.381. The van der Waals surface area contributed by atoms with E-state index in [1.807, 2.05) is 0 Å². The zero-order valence-electron chi connectivity index (χ0n) is 7.74. The number of hydrogen-bond acceptors (Lipinski definition) is 0. The van der Waals surface area contributed by atoms with Crippen LogP contribution in [0.25, 0.3) is 0 Å². The predicted molar refractivity (Wildman–Crippen MR) is 52.3 cm³/mol. The SMILES string of the molecule is [CH2-]CCCCCCCC.[Zn+][Br]. The van der Waals surface area contributed by atoms with Crippen LogP contribution in [0.2, 0.25) is 0 Å². The summed E-state index contributed by atoms with van der Waals surface area (Å²) >= 11 is 4.25. The van der Waals surface area contributed by atoms with E-state index in [2.05, 4.69) is 27.5 Å². The third-order valence-electron chi connectivity index (χ3n) is 1.60. The van der Waals surface area contributed by atoms with Crippen molar-refractivity contribution < 1.29 is 16.3 Å². The standard InChI is InChI=1S/C9H19.BrH.Zn/c1-3-5-7-9-8-6-4-2;;/h1,3-9H2,2H3;1H;/q-1;;+2/p-1. The Hall–Kier alpha value is 1.10. The Bertz CT molecular complexity index is 42.8. The van der Waals surface area contributed by atoms with Crippen LogP contribution in [-0.4, -0.2) is 0 Å². The van der Waals surface area contributed by atoms with Gasteiger partial charge in [0.15, 0.2) is 0 Å². The Labute approximate surface area is 88.6 Å². The number of hydrogen-bond donors (Lipinski definition) is 0. The van der Waals surface area contributed by atoms with Crippen molar-refractivity contribution in [3.05, 3.63) is 6.92 Å². The van der Waals surface area contributed by atoms with Crippen LogP contribution in [0.15, 0.2) is 0 Å². The first-order chi connectivity index (χ1) is 5.41. The first-order valence-corrected chi connectivity index (χ1v) is 11.4. The molecule has 0 saturated carbocycles. The third kappa shape index (κ3) is 18.2. The molecule has 0 aliphatic heterocycles. The summed E-state index contributed by atoms with van der Waals surface area (Å²) in [6, 6.07) is 0. The molecule has 0 bridgehead atoms. The average Bonchev–Trinajstić information content (AvgIpc) is 2.08. The molecule has 64 valence electrons. The molecule has 0 N–H and O–H groups in total. The summed E-state index contributed by atoms with van der Waals surface area (Å²) in [7, 11) is 0. The van der Waals surface area contributed by atoms with Crippen molar-refractivity contribution in [2.45, 2.75) is 51.9 Å². The molecular weight excluding hydrogens is 253 g/mol. The molecule has 0 aliphatic carbocycles. The van der Waals surface area contributed by atoms with Crippen LogP contribution in [0.4, 0.5) is 0 Å². The molecule has 0 unspecified atom stereocenters. The molecule has 2 heteroatoms. The van der Waals surface area contributed by atoms with Gasteiger partial charge in [0.05, 0.1) is 0 Å². The molecule has 0 atom stereocenters. The Morgan fingerprint density at radius 2 is 1.45 bits per heavy atom. The fraction of sp³-hybridized carbons (Fsp3) is 0.889. The summed E-state index contributed by atoms with van der Waals surface area (Å²) in [6.45, 7) is 6.05. The van der Waals surface area contributed by atoms with Crippen molar-refractivity contribution in [1.29, 1.82) is 0 Å². The van der Waals surface area contributed by atoms with E-state index in [1.54, 1.807) is 0 Å². The van der Waals surface area contributed by atoms with Gasteiger partial charge in [-0.2, -0.15) is 6.42 Å². The van der Waals surface area contributed by atoms with Gasteiger partial charge in [0.2, 0.25) is 0 Å². The Morgan fingerprint density at radius 3 is 1.91 bits per heavy atom. The first kappa shape index (κ1) is 14.6. The van der Waals surface area contributed by atoms with Crippen molar-refractivity contribution in [1.82, 2.24) is 0 Å². The van der Waals surface area contributed by atoms with Crippen molar-refractivity contribution in [3.8, 4) is 0 Å². The fourth-order valence-corrected chi connectivity index (χ4v) is 0.957. The van der Waals surface area contributed by atoms with Crippen molar-refractivity contribution in [2.75, 3.05) is 0 Å². The third-order valence-corrected chi connectivity index (χ3v) is 1.60. The summed E-state index contributed by atoms with van der Waals surface area (Å²) in [5, 5.41) is 0. The van der Waals surface area contributed by atoms with E-state index in [1.165, 1.54) is 54.9 Å². The molecule has 0 amide bonds. The summed E-state index contributed by atoms with van der Waals surface area (Å²) in [6.07, 6.45) is 9.45. The second-order valence-corrected chi connectivity index (χ2v) is 2.62. The molecule has 11 heavy (non-hydrogen) atoms. The first-order valence-electron chi connectivity index (χ1n) is 4.47. The zero-order valence-corrected chi connectivity index (χ0v) is 12.3. The molecule has 0 fully saturated rings. The zero-order chi connectivity index (χ0) is 8.95. The maximum absolute atomic E-state index is 3.80. The van der Waals surface area contributed by atoms with Gasteiger partial charge in [0.25, 0.3) is 0 Å². The molecule has 0 aromatic rings. The number of halogens is 1. The van der Waals surface area contributed by atoms with E-state index < -0.39 is 0 Å². The van der Waals surface area contributed by atoms with Crippen LogP contribution >= 0.6 is 13.6 Å². The van der Waals surface area contributed by atoms with E-state index >= 15 is 0 Å². The number of unbranched alkanes of at least 4 members (excludes halogenated alkanes) is 6. The van der Waals surface area contributed by atoms with Crippen LogP contribution in [0.3, 0.4) is 0 Å². The Kier molecular flexibility index (Phi) is 22.9. The van der Waals surface area contributed by atoms with Gasteiger partial charge < -0.3 is 6.92 Å². The molecule has 0 heterocycles. The molecule has 0 aromatic heterocycles. The summed E-state index contributed by atoms with van der Waals surface area (Å²) < 4.78 is 0. The summed E-state index contributed by atoms with van der Waals surface area (Å²) in [5.41, 5.74) is 0. The maximum atomic E-state index is 3.80. The van der Waals surface area contributed by atoms with Gasteiger partial charge in [-0.3, -0.25) is 0 Å². The van der Waals surface area contributed by atoms with Crippen LogP contribution in [0.1, 0.15) is 51.9 Å². The number of rotatable bonds is 6. The Balaban J connectivity index is 0. The predicted octanol–water partition coefficient (Wildman–Crippen LogP) is 4.41. The molecule has 0 aromatic carbocycles. The van der Waals surface area contributed by atoms with E-state index in [0.29, 0.717) is 0 Å².